The SMILES string of the molecule is COc1ccc(I)c(S(N)(=O)=O)c1I. The van der Waals surface area contributed by atoms with Gasteiger partial charge in [0.05, 0.1) is 10.7 Å². The zero-order valence-corrected chi connectivity index (χ0v) is 12.3. The highest BCUT2D eigenvalue weighted by molar-refractivity contribution is 14.1. The fraction of sp³-hybridized carbons (Fsp3) is 0.143. The van der Waals surface area contributed by atoms with Crippen molar-refractivity contribution in [3.8, 4) is 5.75 Å². The number of sulfonamides is 1. The van der Waals surface area contributed by atoms with Crippen LogP contribution in [0.5, 0.6) is 5.75 Å². The molecule has 7 heteroatoms. The van der Waals surface area contributed by atoms with E-state index in [1.807, 2.05) is 45.2 Å². The van der Waals surface area contributed by atoms with E-state index in [-0.39, 0.29) is 4.90 Å². The van der Waals surface area contributed by atoms with Gasteiger partial charge in [-0.25, -0.2) is 13.6 Å². The molecular weight excluding hydrogens is 432 g/mol. The third-order valence-corrected chi connectivity index (χ3v) is 5.21. The lowest BCUT2D eigenvalue weighted by Gasteiger charge is -2.08. The van der Waals surface area contributed by atoms with Gasteiger partial charge in [0.25, 0.3) is 0 Å². The number of hydrogen-bond acceptors (Lipinski definition) is 3. The number of halogens is 2. The fourth-order valence-electron chi connectivity index (χ4n) is 0.933. The van der Waals surface area contributed by atoms with Crippen LogP contribution in [0.3, 0.4) is 0 Å². The van der Waals surface area contributed by atoms with Crippen molar-refractivity contribution < 1.29 is 13.2 Å². The van der Waals surface area contributed by atoms with Crippen LogP contribution in [0, 0.1) is 7.14 Å². The predicted molar refractivity (Wildman–Crippen MR) is 69.8 cm³/mol. The molecule has 1 rings (SSSR count). The smallest absolute Gasteiger partial charge is 0.240 e. The van der Waals surface area contributed by atoms with Crippen LogP contribution in [0.1, 0.15) is 0 Å². The van der Waals surface area contributed by atoms with Crippen LogP contribution in [0.2, 0.25) is 0 Å². The van der Waals surface area contributed by atoms with Crippen molar-refractivity contribution in [2.45, 2.75) is 4.90 Å². The van der Waals surface area contributed by atoms with Crippen LogP contribution in [0.25, 0.3) is 0 Å². The molecule has 0 fully saturated rings. The van der Waals surface area contributed by atoms with Crippen LogP contribution >= 0.6 is 45.2 Å². The van der Waals surface area contributed by atoms with E-state index in [0.717, 1.165) is 0 Å². The number of hydrogen-bond donors (Lipinski definition) is 1. The van der Waals surface area contributed by atoms with Crippen molar-refractivity contribution in [2.24, 2.45) is 5.14 Å². The number of methoxy groups -OCH3 is 1. The van der Waals surface area contributed by atoms with Gasteiger partial charge in [0.1, 0.15) is 10.6 Å². The summed E-state index contributed by atoms with van der Waals surface area (Å²) in [5.41, 5.74) is 0. The first-order valence-electron chi connectivity index (χ1n) is 3.42. The molecule has 0 spiro atoms. The van der Waals surface area contributed by atoms with Crippen molar-refractivity contribution in [1.29, 1.82) is 0 Å². The Hall–Kier alpha value is 0.390. The number of ether oxygens (including phenoxy) is 1. The second-order valence-electron chi connectivity index (χ2n) is 2.44. The van der Waals surface area contributed by atoms with E-state index in [1.165, 1.54) is 7.11 Å². The normalized spacial score (nSPS) is 11.4. The summed E-state index contributed by atoms with van der Waals surface area (Å²) < 4.78 is 28.6. The van der Waals surface area contributed by atoms with Crippen molar-refractivity contribution >= 4 is 55.2 Å². The van der Waals surface area contributed by atoms with Gasteiger partial charge in [0.2, 0.25) is 10.0 Å². The molecule has 0 bridgehead atoms. The molecule has 0 unspecified atom stereocenters. The van der Waals surface area contributed by atoms with Gasteiger partial charge in [-0.15, -0.1) is 0 Å². The molecule has 0 aliphatic rings. The summed E-state index contributed by atoms with van der Waals surface area (Å²) in [6.45, 7) is 0. The standard InChI is InChI=1S/C7H7I2NO3S/c1-13-5-3-2-4(8)7(6(5)9)14(10,11)12/h2-3H,1H3,(H2,10,11,12). The van der Waals surface area contributed by atoms with Gasteiger partial charge in [0.15, 0.2) is 0 Å². The Labute approximate surface area is 110 Å². The quantitative estimate of drug-likeness (QED) is 0.712. The second kappa shape index (κ2) is 4.49. The minimum Gasteiger partial charge on any atom is -0.496 e. The van der Waals surface area contributed by atoms with Gasteiger partial charge in [-0.05, 0) is 57.3 Å². The van der Waals surface area contributed by atoms with Gasteiger partial charge in [-0.2, -0.15) is 0 Å². The summed E-state index contributed by atoms with van der Waals surface area (Å²) in [4.78, 5) is 0.123. The average Bonchev–Trinajstić information content (AvgIpc) is 2.02. The second-order valence-corrected chi connectivity index (χ2v) is 6.18. The molecule has 4 nitrogen and oxygen atoms in total. The van der Waals surface area contributed by atoms with E-state index in [2.05, 4.69) is 0 Å². The minimum absolute atomic E-state index is 0.123. The summed E-state index contributed by atoms with van der Waals surface area (Å²) in [5.74, 6) is 0.509. The van der Waals surface area contributed by atoms with Crippen LogP contribution in [0.15, 0.2) is 17.0 Å². The maximum Gasteiger partial charge on any atom is 0.240 e. The predicted octanol–water partition coefficient (Wildman–Crippen LogP) is 1.55. The van der Waals surface area contributed by atoms with Gasteiger partial charge in [-0.1, -0.05) is 0 Å². The maximum absolute atomic E-state index is 11.3. The van der Waals surface area contributed by atoms with Gasteiger partial charge >= 0.3 is 0 Å². The van der Waals surface area contributed by atoms with Crippen LogP contribution in [0.4, 0.5) is 0 Å². The molecule has 0 radical (unpaired) electrons. The maximum atomic E-state index is 11.3. The lowest BCUT2D eigenvalue weighted by atomic mass is 10.3. The Morgan fingerprint density at radius 3 is 2.36 bits per heavy atom. The van der Waals surface area contributed by atoms with Gasteiger partial charge in [-0.3, -0.25) is 0 Å². The Kier molecular flexibility index (Phi) is 4.00. The highest BCUT2D eigenvalue weighted by Gasteiger charge is 2.19. The lowest BCUT2D eigenvalue weighted by Crippen LogP contribution is -2.15. The number of benzene rings is 1. The minimum atomic E-state index is -3.69. The molecule has 0 amide bonds. The topological polar surface area (TPSA) is 69.4 Å². The highest BCUT2D eigenvalue weighted by atomic mass is 127. The molecule has 0 heterocycles. The van der Waals surface area contributed by atoms with Crippen molar-refractivity contribution in [3.63, 3.8) is 0 Å². The van der Waals surface area contributed by atoms with Crippen molar-refractivity contribution in [1.82, 2.24) is 0 Å². The summed E-state index contributed by atoms with van der Waals surface area (Å²) >= 11 is 3.83. The first-order chi connectivity index (χ1) is 6.38. The summed E-state index contributed by atoms with van der Waals surface area (Å²) in [7, 11) is -2.21. The molecule has 2 N–H and O–H groups in total. The Morgan fingerprint density at radius 2 is 1.93 bits per heavy atom. The van der Waals surface area contributed by atoms with Crippen LogP contribution in [-0.2, 0) is 10.0 Å². The summed E-state index contributed by atoms with van der Waals surface area (Å²) in [6, 6.07) is 3.36. The first kappa shape index (κ1) is 12.5. The van der Waals surface area contributed by atoms with Crippen LogP contribution in [-0.4, -0.2) is 15.5 Å². The van der Waals surface area contributed by atoms with Crippen LogP contribution < -0.4 is 9.88 Å². The number of nitrogens with two attached hydrogens (primary N) is 1. The Balaban J connectivity index is 3.57. The summed E-state index contributed by atoms with van der Waals surface area (Å²) in [6.07, 6.45) is 0. The van der Waals surface area contributed by atoms with E-state index in [1.54, 1.807) is 12.1 Å². The third kappa shape index (κ3) is 2.49. The van der Waals surface area contributed by atoms with Gasteiger partial charge < -0.3 is 4.74 Å². The summed E-state index contributed by atoms with van der Waals surface area (Å²) in [5, 5.41) is 5.09. The first-order valence-corrected chi connectivity index (χ1v) is 7.13. The number of rotatable bonds is 2. The highest BCUT2D eigenvalue weighted by Crippen LogP contribution is 2.30. The molecule has 0 atom stereocenters. The van der Waals surface area contributed by atoms with E-state index in [0.29, 0.717) is 12.9 Å². The van der Waals surface area contributed by atoms with Crippen molar-refractivity contribution in [2.75, 3.05) is 7.11 Å². The van der Waals surface area contributed by atoms with E-state index < -0.39 is 10.0 Å². The zero-order valence-electron chi connectivity index (χ0n) is 7.12. The Morgan fingerprint density at radius 1 is 1.36 bits per heavy atom. The van der Waals surface area contributed by atoms with Crippen molar-refractivity contribution in [3.05, 3.63) is 19.3 Å². The molecule has 0 aliphatic heterocycles. The molecule has 0 saturated carbocycles. The average molecular weight is 439 g/mol. The fourth-order valence-corrected chi connectivity index (χ4v) is 5.12. The molecule has 0 aliphatic carbocycles. The van der Waals surface area contributed by atoms with E-state index in [4.69, 9.17) is 9.88 Å². The molecule has 0 aromatic heterocycles. The molecule has 78 valence electrons. The van der Waals surface area contributed by atoms with E-state index in [9.17, 15) is 8.42 Å². The number of primary sulfonamides is 1. The Bertz CT molecular complexity index is 458. The zero-order chi connectivity index (χ0) is 10.9. The third-order valence-electron chi connectivity index (χ3n) is 1.52. The molecule has 1 aromatic carbocycles. The van der Waals surface area contributed by atoms with Gasteiger partial charge in [0, 0.05) is 3.57 Å². The lowest BCUT2D eigenvalue weighted by molar-refractivity contribution is 0.410. The monoisotopic (exact) mass is 439 g/mol. The molecule has 0 saturated heterocycles. The van der Waals surface area contributed by atoms with E-state index >= 15 is 0 Å². The molecule has 1 aromatic rings. The molecule has 14 heavy (non-hydrogen) atoms. The largest absolute Gasteiger partial charge is 0.496 e. The molecular formula is C7H7I2NO3S.